The minimum absolute atomic E-state index is 0.434. The molecule has 0 aliphatic heterocycles. The van der Waals surface area contributed by atoms with E-state index in [1.54, 1.807) is 0 Å². The van der Waals surface area contributed by atoms with Crippen LogP contribution in [0.15, 0.2) is 12.8 Å². The molecule has 0 aromatic heterocycles. The van der Waals surface area contributed by atoms with Gasteiger partial charge in [0.2, 0.25) is 8.32 Å². The average molecular weight is 218 g/mol. The molecule has 5 nitrogen and oxygen atoms in total. The maximum Gasteiger partial charge on any atom is 0.513 e. The summed E-state index contributed by atoms with van der Waals surface area (Å²) in [6, 6.07) is 0. The molecule has 0 heterocycles. The topological polar surface area (TPSA) is 61.8 Å². The number of hydrogen-bond acceptors (Lipinski definition) is 5. The molecule has 80 valence electrons. The molecule has 0 amide bonds. The van der Waals surface area contributed by atoms with E-state index in [1.165, 1.54) is 0 Å². The lowest BCUT2D eigenvalue weighted by Gasteiger charge is -2.16. The zero-order valence-corrected chi connectivity index (χ0v) is 9.53. The van der Waals surface area contributed by atoms with Crippen LogP contribution in [-0.4, -0.2) is 27.0 Å². The van der Waals surface area contributed by atoms with E-state index in [1.807, 2.05) is 19.6 Å². The van der Waals surface area contributed by atoms with E-state index in [9.17, 15) is 9.59 Å². The van der Waals surface area contributed by atoms with Gasteiger partial charge in [0.15, 0.2) is 6.61 Å². The third-order valence-electron chi connectivity index (χ3n) is 0.907. The van der Waals surface area contributed by atoms with Gasteiger partial charge in [-0.3, -0.25) is 0 Å². The molecule has 0 aromatic carbocycles. The molecule has 0 saturated carbocycles. The highest BCUT2D eigenvalue weighted by Gasteiger charge is 2.20. The van der Waals surface area contributed by atoms with Crippen molar-refractivity contribution in [1.29, 1.82) is 0 Å². The first-order valence-corrected chi connectivity index (χ1v) is 7.42. The summed E-state index contributed by atoms with van der Waals surface area (Å²) in [5, 5.41) is 0. The molecule has 0 spiro atoms. The quantitative estimate of drug-likeness (QED) is 0.408. The Kier molecular flexibility index (Phi) is 4.93. The van der Waals surface area contributed by atoms with Gasteiger partial charge in [0.05, 0.1) is 6.26 Å². The molecule has 0 aromatic rings. The van der Waals surface area contributed by atoms with Crippen molar-refractivity contribution in [2.45, 2.75) is 19.6 Å². The predicted molar refractivity (Wildman–Crippen MR) is 52.1 cm³/mol. The molecule has 0 aliphatic carbocycles. The van der Waals surface area contributed by atoms with E-state index < -0.39 is 27.0 Å². The van der Waals surface area contributed by atoms with Crippen LogP contribution in [0.2, 0.25) is 19.6 Å². The SMILES string of the molecule is C=COC(=O)OCC(=O)O[Si](C)(C)C. The third-order valence-corrected chi connectivity index (χ3v) is 1.75. The molecule has 0 atom stereocenters. The average Bonchev–Trinajstić information content (AvgIpc) is 1.98. The Labute approximate surface area is 83.8 Å². The first-order valence-electron chi connectivity index (χ1n) is 4.01. The highest BCUT2D eigenvalue weighted by molar-refractivity contribution is 6.71. The van der Waals surface area contributed by atoms with Gasteiger partial charge in [-0.15, -0.1) is 0 Å². The molecule has 0 radical (unpaired) electrons. The summed E-state index contributed by atoms with van der Waals surface area (Å²) in [6.07, 6.45) is -0.0425. The minimum atomic E-state index is -1.91. The van der Waals surface area contributed by atoms with Crippen molar-refractivity contribution in [1.82, 2.24) is 0 Å². The number of hydrogen-bond donors (Lipinski definition) is 0. The molecule has 0 saturated heterocycles. The highest BCUT2D eigenvalue weighted by Crippen LogP contribution is 2.02. The van der Waals surface area contributed by atoms with Crippen LogP contribution < -0.4 is 0 Å². The third kappa shape index (κ3) is 7.35. The summed E-state index contributed by atoms with van der Waals surface area (Å²) in [4.78, 5) is 21.6. The van der Waals surface area contributed by atoms with Gasteiger partial charge < -0.3 is 13.9 Å². The normalized spacial score (nSPS) is 10.2. The van der Waals surface area contributed by atoms with E-state index >= 15 is 0 Å². The van der Waals surface area contributed by atoms with Crippen molar-refractivity contribution < 1.29 is 23.5 Å². The first kappa shape index (κ1) is 12.7. The summed E-state index contributed by atoms with van der Waals surface area (Å²) in [5.41, 5.74) is 0. The van der Waals surface area contributed by atoms with E-state index in [4.69, 9.17) is 4.43 Å². The van der Waals surface area contributed by atoms with Gasteiger partial charge in [-0.1, -0.05) is 6.58 Å². The smallest absolute Gasteiger partial charge is 0.513 e. The Morgan fingerprint density at radius 1 is 1.36 bits per heavy atom. The van der Waals surface area contributed by atoms with Crippen LogP contribution in [0.5, 0.6) is 0 Å². The fourth-order valence-electron chi connectivity index (χ4n) is 0.591. The van der Waals surface area contributed by atoms with E-state index in [0.29, 0.717) is 0 Å². The lowest BCUT2D eigenvalue weighted by molar-refractivity contribution is -0.138. The molecule has 0 N–H and O–H groups in total. The summed E-state index contributed by atoms with van der Waals surface area (Å²) in [6.45, 7) is 8.28. The van der Waals surface area contributed by atoms with Gasteiger partial charge in [0.1, 0.15) is 0 Å². The molecule has 0 rings (SSSR count). The molecule has 6 heteroatoms. The van der Waals surface area contributed by atoms with Gasteiger partial charge in [-0.05, 0) is 19.6 Å². The van der Waals surface area contributed by atoms with Crippen molar-refractivity contribution in [3.63, 3.8) is 0 Å². The highest BCUT2D eigenvalue weighted by atomic mass is 28.4. The summed E-state index contributed by atoms with van der Waals surface area (Å²) in [7, 11) is -1.91. The lowest BCUT2D eigenvalue weighted by Crippen LogP contribution is -2.31. The van der Waals surface area contributed by atoms with E-state index in [0.717, 1.165) is 6.26 Å². The van der Waals surface area contributed by atoms with Crippen molar-refractivity contribution in [2.24, 2.45) is 0 Å². The molecule has 0 unspecified atom stereocenters. The Balaban J connectivity index is 3.75. The Hall–Kier alpha value is -1.30. The molecule has 14 heavy (non-hydrogen) atoms. The Morgan fingerprint density at radius 3 is 2.36 bits per heavy atom. The molecule has 0 bridgehead atoms. The second-order valence-corrected chi connectivity index (χ2v) is 7.84. The van der Waals surface area contributed by atoms with E-state index in [2.05, 4.69) is 16.1 Å². The summed E-state index contributed by atoms with van der Waals surface area (Å²) < 4.78 is 13.6. The van der Waals surface area contributed by atoms with Gasteiger partial charge in [-0.25, -0.2) is 9.59 Å². The Morgan fingerprint density at radius 2 is 1.93 bits per heavy atom. The van der Waals surface area contributed by atoms with Crippen LogP contribution in [0.1, 0.15) is 0 Å². The van der Waals surface area contributed by atoms with Crippen molar-refractivity contribution in [2.75, 3.05) is 6.61 Å². The molecular weight excluding hydrogens is 204 g/mol. The van der Waals surface area contributed by atoms with E-state index in [-0.39, 0.29) is 0 Å². The molecular formula is C8H14O5Si. The molecule has 0 aliphatic rings. The van der Waals surface area contributed by atoms with Gasteiger partial charge >= 0.3 is 12.1 Å². The van der Waals surface area contributed by atoms with Crippen LogP contribution in [0, 0.1) is 0 Å². The van der Waals surface area contributed by atoms with Crippen molar-refractivity contribution in [3.8, 4) is 0 Å². The first-order chi connectivity index (χ1) is 6.35. The lowest BCUT2D eigenvalue weighted by atomic mass is 10.7. The number of ether oxygens (including phenoxy) is 2. The number of carbonyl (C=O) groups excluding carboxylic acids is 2. The second kappa shape index (κ2) is 5.43. The second-order valence-electron chi connectivity index (χ2n) is 3.41. The zero-order valence-electron chi connectivity index (χ0n) is 8.53. The van der Waals surface area contributed by atoms with Crippen LogP contribution in [0.4, 0.5) is 4.79 Å². The Bertz CT molecular complexity index is 230. The standard InChI is InChI=1S/C8H14O5Si/c1-5-11-8(10)12-6-7(9)13-14(2,3)4/h5H,1,6H2,2-4H3. The fourth-order valence-corrected chi connectivity index (χ4v) is 1.33. The van der Waals surface area contributed by atoms with Gasteiger partial charge in [0.25, 0.3) is 0 Å². The summed E-state index contributed by atoms with van der Waals surface area (Å²) in [5.74, 6) is -0.565. The van der Waals surface area contributed by atoms with Gasteiger partial charge in [-0.2, -0.15) is 0 Å². The zero-order chi connectivity index (χ0) is 11.2. The summed E-state index contributed by atoms with van der Waals surface area (Å²) >= 11 is 0. The predicted octanol–water partition coefficient (Wildman–Crippen LogP) is 1.66. The van der Waals surface area contributed by atoms with Gasteiger partial charge in [0, 0.05) is 0 Å². The largest absolute Gasteiger partial charge is 0.517 e. The van der Waals surface area contributed by atoms with Crippen molar-refractivity contribution >= 4 is 20.4 Å². The van der Waals surface area contributed by atoms with Crippen LogP contribution in [0.3, 0.4) is 0 Å². The molecule has 0 fully saturated rings. The van der Waals surface area contributed by atoms with Crippen LogP contribution in [-0.2, 0) is 18.7 Å². The maximum absolute atomic E-state index is 11.0. The number of rotatable bonds is 4. The van der Waals surface area contributed by atoms with Crippen LogP contribution in [0.25, 0.3) is 0 Å². The van der Waals surface area contributed by atoms with Crippen LogP contribution >= 0.6 is 0 Å². The number of carbonyl (C=O) groups is 2. The monoisotopic (exact) mass is 218 g/mol. The minimum Gasteiger partial charge on any atom is -0.517 e. The fraction of sp³-hybridized carbons (Fsp3) is 0.500. The maximum atomic E-state index is 11.0. The van der Waals surface area contributed by atoms with Crippen molar-refractivity contribution in [3.05, 3.63) is 12.8 Å².